The molecule has 0 spiro atoms. The van der Waals surface area contributed by atoms with Gasteiger partial charge in [0.15, 0.2) is 0 Å². The Balaban J connectivity index is 1.80. The first-order valence-electron chi connectivity index (χ1n) is 8.97. The van der Waals surface area contributed by atoms with Gasteiger partial charge in [-0.3, -0.25) is 4.98 Å². The molecular weight excluding hydrogens is 459 g/mol. The Bertz CT molecular complexity index is 1250. The number of benzene rings is 1. The number of imidazole rings is 1. The van der Waals surface area contributed by atoms with E-state index in [1.165, 1.54) is 30.9 Å². The van der Waals surface area contributed by atoms with Gasteiger partial charge in [-0.25, -0.2) is 14.0 Å². The highest BCUT2D eigenvalue weighted by Crippen LogP contribution is 2.33. The molecule has 0 fully saturated rings. The molecule has 2 unspecified atom stereocenters. The van der Waals surface area contributed by atoms with Gasteiger partial charge in [0.1, 0.15) is 21.6 Å². The van der Waals surface area contributed by atoms with Crippen molar-refractivity contribution >= 4 is 50.4 Å². The Morgan fingerprint density at radius 1 is 1.29 bits per heavy atom. The highest BCUT2D eigenvalue weighted by atomic mass is 35.5. The van der Waals surface area contributed by atoms with Gasteiger partial charge in [-0.2, -0.15) is 0 Å². The van der Waals surface area contributed by atoms with E-state index >= 15 is 0 Å². The van der Waals surface area contributed by atoms with Crippen LogP contribution in [0.5, 0.6) is 5.75 Å². The molecule has 0 saturated heterocycles. The first-order chi connectivity index (χ1) is 14.6. The van der Waals surface area contributed by atoms with Crippen molar-refractivity contribution in [1.82, 2.24) is 15.0 Å². The second-order valence-electron chi connectivity index (χ2n) is 6.76. The fourth-order valence-corrected chi connectivity index (χ4v) is 4.01. The van der Waals surface area contributed by atoms with Crippen LogP contribution in [0.3, 0.4) is 0 Å². The first-order valence-corrected chi connectivity index (χ1v) is 11.7. The number of allylic oxidation sites excluding steroid dienone is 1. The molecule has 0 aliphatic carbocycles. The molecule has 3 aromatic rings. The van der Waals surface area contributed by atoms with E-state index in [2.05, 4.69) is 15.0 Å². The maximum Gasteiger partial charge on any atom is 0.204 e. The van der Waals surface area contributed by atoms with E-state index in [4.69, 9.17) is 43.9 Å². The fraction of sp³-hybridized carbons (Fsp3) is 0.150. The van der Waals surface area contributed by atoms with Crippen molar-refractivity contribution in [2.45, 2.75) is 18.2 Å². The first kappa shape index (κ1) is 22.8. The largest absolute Gasteiger partial charge is 0.486 e. The van der Waals surface area contributed by atoms with E-state index in [0.717, 1.165) is 0 Å². The van der Waals surface area contributed by atoms with Crippen LogP contribution in [0.4, 0.5) is 5.69 Å². The maximum absolute atomic E-state index is 11.7. The zero-order valence-corrected chi connectivity index (χ0v) is 19.0. The summed E-state index contributed by atoms with van der Waals surface area (Å²) >= 11 is 12.4. The minimum atomic E-state index is -2.94. The van der Waals surface area contributed by atoms with Gasteiger partial charge >= 0.3 is 0 Å². The summed E-state index contributed by atoms with van der Waals surface area (Å²) in [5.41, 5.74) is 8.18. The van der Waals surface area contributed by atoms with E-state index in [0.29, 0.717) is 38.3 Å². The van der Waals surface area contributed by atoms with E-state index in [9.17, 15) is 4.21 Å². The third kappa shape index (κ3) is 5.43. The zero-order chi connectivity index (χ0) is 22.8. The lowest BCUT2D eigenvalue weighted by Crippen LogP contribution is -2.07. The number of aromatic nitrogens is 3. The molecule has 3 rings (SSSR count). The van der Waals surface area contributed by atoms with Crippen LogP contribution in [0.2, 0.25) is 10.0 Å². The molecule has 11 heteroatoms. The number of halogens is 2. The van der Waals surface area contributed by atoms with Gasteiger partial charge in [-0.05, 0) is 37.3 Å². The van der Waals surface area contributed by atoms with Crippen LogP contribution in [0.15, 0.2) is 48.0 Å². The van der Waals surface area contributed by atoms with Crippen molar-refractivity contribution in [3.63, 3.8) is 0 Å². The molecule has 0 aliphatic heterocycles. The highest BCUT2D eigenvalue weighted by molar-refractivity contribution is 7.91. The predicted molar refractivity (Wildman–Crippen MR) is 124 cm³/mol. The second-order valence-corrected chi connectivity index (χ2v) is 9.65. The lowest BCUT2D eigenvalue weighted by molar-refractivity contribution is 0.227. The van der Waals surface area contributed by atoms with Crippen LogP contribution in [0, 0.1) is 10.2 Å². The molecule has 0 aliphatic rings. The number of pyridine rings is 1. The van der Waals surface area contributed by atoms with E-state index in [1.54, 1.807) is 24.3 Å². The average Bonchev–Trinajstić information content (AvgIpc) is 3.17. The zero-order valence-electron chi connectivity index (χ0n) is 16.6. The fourth-order valence-electron chi connectivity index (χ4n) is 2.78. The Labute approximate surface area is 190 Å². The van der Waals surface area contributed by atoms with Crippen molar-refractivity contribution in [2.24, 2.45) is 0 Å². The predicted octanol–water partition coefficient (Wildman–Crippen LogP) is 4.95. The molecule has 162 valence electrons. The topological polar surface area (TPSA) is 142 Å². The van der Waals surface area contributed by atoms with Gasteiger partial charge in [0.2, 0.25) is 5.16 Å². The molecule has 8 nitrogen and oxygen atoms in total. The van der Waals surface area contributed by atoms with Gasteiger partial charge in [-0.15, -0.1) is 0 Å². The number of nitrogens with two attached hydrogens (primary N) is 1. The summed E-state index contributed by atoms with van der Waals surface area (Å²) in [7, 11) is -2.94. The van der Waals surface area contributed by atoms with Crippen LogP contribution in [0.1, 0.15) is 29.8 Å². The molecular formula is C20H20Cl2N6O2S. The Morgan fingerprint density at radius 3 is 2.58 bits per heavy atom. The maximum atomic E-state index is 11.7. The molecule has 0 amide bonds. The van der Waals surface area contributed by atoms with E-state index < -0.39 is 15.8 Å². The second kappa shape index (κ2) is 9.09. The number of hydrogen-bond donors (Lipinski definition) is 4. The molecule has 1 aromatic carbocycles. The summed E-state index contributed by atoms with van der Waals surface area (Å²) in [6.07, 6.45) is 8.38. The third-order valence-corrected chi connectivity index (χ3v) is 5.84. The van der Waals surface area contributed by atoms with Crippen LogP contribution in [0.25, 0.3) is 6.08 Å². The van der Waals surface area contributed by atoms with Gasteiger partial charge in [-0.1, -0.05) is 23.2 Å². The van der Waals surface area contributed by atoms with Crippen molar-refractivity contribution in [2.75, 3.05) is 12.0 Å². The van der Waals surface area contributed by atoms with Crippen molar-refractivity contribution in [1.29, 1.82) is 10.2 Å². The average molecular weight is 479 g/mol. The van der Waals surface area contributed by atoms with Crippen LogP contribution >= 0.6 is 23.2 Å². The number of nitrogens with zero attached hydrogens (tertiary/aromatic N) is 2. The van der Waals surface area contributed by atoms with Crippen LogP contribution in [-0.2, 0) is 9.73 Å². The van der Waals surface area contributed by atoms with Crippen LogP contribution in [-0.4, -0.2) is 31.1 Å². The molecule has 2 atom stereocenters. The normalized spacial score (nSPS) is 14.3. The van der Waals surface area contributed by atoms with Crippen molar-refractivity contribution in [3.05, 3.63) is 69.7 Å². The van der Waals surface area contributed by atoms with E-state index in [1.807, 2.05) is 6.92 Å². The molecule has 5 N–H and O–H groups in total. The molecule has 0 saturated carbocycles. The van der Waals surface area contributed by atoms with Gasteiger partial charge in [0, 0.05) is 35.5 Å². The summed E-state index contributed by atoms with van der Waals surface area (Å²) in [6, 6.07) is 5.00. The lowest BCUT2D eigenvalue weighted by Gasteiger charge is -2.18. The summed E-state index contributed by atoms with van der Waals surface area (Å²) in [6.45, 7) is 1.81. The third-order valence-electron chi connectivity index (χ3n) is 4.30. The summed E-state index contributed by atoms with van der Waals surface area (Å²) < 4.78 is 25.3. The minimum absolute atomic E-state index is 0.0796. The summed E-state index contributed by atoms with van der Waals surface area (Å²) in [4.78, 5) is 10.7. The summed E-state index contributed by atoms with van der Waals surface area (Å²) in [5, 5.41) is 9.23. The molecule has 31 heavy (non-hydrogen) atoms. The van der Waals surface area contributed by atoms with Gasteiger partial charge in [0.05, 0.1) is 27.6 Å². The smallest absolute Gasteiger partial charge is 0.204 e. The Morgan fingerprint density at radius 2 is 1.97 bits per heavy atom. The highest BCUT2D eigenvalue weighted by Gasteiger charge is 2.17. The molecule has 0 radical (unpaired) electrons. The number of rotatable bonds is 7. The lowest BCUT2D eigenvalue weighted by atomic mass is 10.1. The molecule has 2 heterocycles. The number of aromatic amines is 1. The number of ether oxygens (including phenoxy) is 1. The van der Waals surface area contributed by atoms with Crippen molar-refractivity contribution < 1.29 is 8.95 Å². The monoisotopic (exact) mass is 478 g/mol. The molecule has 0 bridgehead atoms. The number of anilines is 1. The van der Waals surface area contributed by atoms with Gasteiger partial charge < -0.3 is 20.9 Å². The van der Waals surface area contributed by atoms with Gasteiger partial charge in [0.25, 0.3) is 0 Å². The number of hydrogen-bond acceptors (Lipinski definition) is 7. The van der Waals surface area contributed by atoms with Crippen LogP contribution < -0.4 is 10.5 Å². The quantitative estimate of drug-likeness (QED) is 0.280. The number of nitrogens with one attached hydrogen (secondary N) is 3. The summed E-state index contributed by atoms with van der Waals surface area (Å²) in [5.74, 6) is 0.488. The molecule has 2 aromatic heterocycles. The standard InChI is InChI=1S/C20H20Cl2N6O2S/c1-11(19-15(21)9-26-10-16(19)22)30-13-4-6-18(24)14(7-13)17(23)5-3-12-8-27-20(28-12)31(2,25)29/h3-11,23,25H,24H2,1-2H3,(H,27,28)/b5-3+,23-17?. The Hall–Kier alpha value is -2.88. The van der Waals surface area contributed by atoms with Crippen molar-refractivity contribution in [3.8, 4) is 5.75 Å². The van der Waals surface area contributed by atoms with E-state index in [-0.39, 0.29) is 10.9 Å². The number of H-pyrrole nitrogens is 1. The Kier molecular flexibility index (Phi) is 6.68. The number of nitrogen functional groups attached to an aromatic ring is 1. The SMILES string of the molecule is CC(Oc1ccc(N)c(C(=N)/C=C/c2cnc(S(C)(=N)=O)[nH]2)c1)c1c(Cl)cncc1Cl. The minimum Gasteiger partial charge on any atom is -0.486 e.